The maximum Gasteiger partial charge on any atom is 0.334 e. The summed E-state index contributed by atoms with van der Waals surface area (Å²) in [6.07, 6.45) is 2.72. The predicted molar refractivity (Wildman–Crippen MR) is 44.0 cm³/mol. The van der Waals surface area contributed by atoms with Crippen LogP contribution in [-0.2, 0) is 16.1 Å². The van der Waals surface area contributed by atoms with Crippen LogP contribution in [-0.4, -0.2) is 31.4 Å². The van der Waals surface area contributed by atoms with Gasteiger partial charge in [0, 0.05) is 0 Å². The van der Waals surface area contributed by atoms with Crippen LogP contribution in [0.4, 0.5) is 0 Å². The summed E-state index contributed by atoms with van der Waals surface area (Å²) in [6, 6.07) is 0. The Labute approximate surface area is 71.9 Å². The van der Waals surface area contributed by atoms with E-state index in [4.69, 9.17) is 10.2 Å². The van der Waals surface area contributed by atoms with Gasteiger partial charge in [0.1, 0.15) is 6.10 Å². The summed E-state index contributed by atoms with van der Waals surface area (Å²) in [5.41, 5.74) is -0.171. The largest absolute Gasteiger partial charge is 0.478 e. The van der Waals surface area contributed by atoms with Crippen molar-refractivity contribution in [3.05, 3.63) is 23.8 Å². The Morgan fingerprint density at radius 3 is 2.75 bits per heavy atom. The molecular weight excluding hydrogens is 180 g/mol. The first-order valence-electron chi connectivity index (χ1n) is 3.13. The molecule has 0 aromatic rings. The molecule has 1 aliphatic carbocycles. The minimum atomic E-state index is -1.21. The Morgan fingerprint density at radius 1 is 1.58 bits per heavy atom. The highest BCUT2D eigenvalue weighted by Gasteiger charge is 2.18. The van der Waals surface area contributed by atoms with E-state index in [1.807, 2.05) is 0 Å². The highest BCUT2D eigenvalue weighted by molar-refractivity contribution is 7.67. The molecule has 0 aromatic carbocycles. The fourth-order valence-corrected chi connectivity index (χ4v) is 1.13. The van der Waals surface area contributed by atoms with Crippen molar-refractivity contribution < 1.29 is 19.2 Å². The average Bonchev–Trinajstić information content (AvgIpc) is 2.05. The summed E-state index contributed by atoms with van der Waals surface area (Å²) in [7, 11) is 0. The highest BCUT2D eigenvalue weighted by Crippen LogP contribution is 2.09. The number of carboxylic acid groups (broad SMARTS) is 1. The van der Waals surface area contributed by atoms with Crippen LogP contribution in [0.5, 0.6) is 0 Å². The molecule has 0 aromatic heterocycles. The fourth-order valence-electron chi connectivity index (χ4n) is 0.816. The highest BCUT2D eigenvalue weighted by atomic mass is 32.1. The SMILES string of the molecule is O=S=C1C=CC(O)C(C(=O)O)=C1. The molecule has 4 nitrogen and oxygen atoms in total. The van der Waals surface area contributed by atoms with Gasteiger partial charge < -0.3 is 10.2 Å². The molecule has 1 unspecified atom stereocenters. The van der Waals surface area contributed by atoms with Crippen molar-refractivity contribution in [2.75, 3.05) is 0 Å². The van der Waals surface area contributed by atoms with Gasteiger partial charge in [0.05, 0.1) is 21.7 Å². The lowest BCUT2D eigenvalue weighted by Crippen LogP contribution is -2.19. The lowest BCUT2D eigenvalue weighted by atomic mass is 10.0. The maximum absolute atomic E-state index is 10.4. The van der Waals surface area contributed by atoms with Crippen LogP contribution in [0, 0.1) is 0 Å². The van der Waals surface area contributed by atoms with E-state index in [1.54, 1.807) is 0 Å². The van der Waals surface area contributed by atoms with Crippen molar-refractivity contribution in [3.8, 4) is 0 Å². The van der Waals surface area contributed by atoms with E-state index >= 15 is 0 Å². The van der Waals surface area contributed by atoms with Crippen LogP contribution in [0.1, 0.15) is 0 Å². The van der Waals surface area contributed by atoms with Gasteiger partial charge in [0.15, 0.2) is 0 Å². The molecule has 0 saturated carbocycles. The molecule has 0 spiro atoms. The number of aliphatic hydroxyl groups excluding tert-OH is 1. The van der Waals surface area contributed by atoms with Crippen molar-refractivity contribution >= 4 is 22.1 Å². The molecule has 0 amide bonds. The number of aliphatic hydroxyl groups is 1. The van der Waals surface area contributed by atoms with Crippen molar-refractivity contribution in [3.63, 3.8) is 0 Å². The third-order valence-electron chi connectivity index (χ3n) is 1.40. The molecule has 1 aliphatic rings. The topological polar surface area (TPSA) is 74.6 Å². The van der Waals surface area contributed by atoms with Crippen molar-refractivity contribution in [2.45, 2.75) is 6.10 Å². The summed E-state index contributed by atoms with van der Waals surface area (Å²) < 4.78 is 10.3. The first kappa shape index (κ1) is 8.89. The number of aliphatic carboxylic acids is 1. The smallest absolute Gasteiger partial charge is 0.334 e. The van der Waals surface area contributed by atoms with Gasteiger partial charge in [-0.2, -0.15) is 0 Å². The summed E-state index contributed by atoms with van der Waals surface area (Å²) in [5.74, 6) is -1.21. The van der Waals surface area contributed by atoms with Crippen molar-refractivity contribution in [1.82, 2.24) is 0 Å². The third kappa shape index (κ3) is 1.69. The molecule has 2 N–H and O–H groups in total. The van der Waals surface area contributed by atoms with Crippen molar-refractivity contribution in [1.29, 1.82) is 0 Å². The van der Waals surface area contributed by atoms with E-state index in [1.165, 1.54) is 18.2 Å². The number of hydrogen-bond acceptors (Lipinski definition) is 3. The monoisotopic (exact) mass is 186 g/mol. The number of rotatable bonds is 1. The number of allylic oxidation sites excluding steroid dienone is 2. The molecule has 12 heavy (non-hydrogen) atoms. The zero-order valence-electron chi connectivity index (χ0n) is 5.93. The maximum atomic E-state index is 10.4. The molecule has 0 saturated heterocycles. The fraction of sp³-hybridized carbons (Fsp3) is 0.143. The van der Waals surface area contributed by atoms with Crippen LogP contribution < -0.4 is 0 Å². The summed E-state index contributed by atoms with van der Waals surface area (Å²) in [5, 5.41) is 17.6. The molecule has 5 heteroatoms. The quantitative estimate of drug-likeness (QED) is 0.532. The van der Waals surface area contributed by atoms with Crippen LogP contribution in [0.2, 0.25) is 0 Å². The Bertz CT molecular complexity index is 322. The molecule has 1 atom stereocenters. The minimum Gasteiger partial charge on any atom is -0.478 e. The lowest BCUT2D eigenvalue weighted by Gasteiger charge is -2.09. The Balaban J connectivity index is 3.06. The number of carboxylic acids is 1. The molecule has 0 aliphatic heterocycles. The molecule has 0 heterocycles. The van der Waals surface area contributed by atoms with E-state index in [2.05, 4.69) is 0 Å². The van der Waals surface area contributed by atoms with E-state index in [9.17, 15) is 9.00 Å². The minimum absolute atomic E-state index is 0.171. The van der Waals surface area contributed by atoms with E-state index in [0.717, 1.165) is 0 Å². The van der Waals surface area contributed by atoms with E-state index in [0.29, 0.717) is 0 Å². The average molecular weight is 186 g/mol. The summed E-state index contributed by atoms with van der Waals surface area (Å²) in [4.78, 5) is 10.7. The predicted octanol–water partition coefficient (Wildman–Crippen LogP) is -0.687. The van der Waals surface area contributed by atoms with Gasteiger partial charge in [-0.25, -0.2) is 9.00 Å². The molecular formula is C7H6O4S. The Hall–Kier alpha value is -1.20. The van der Waals surface area contributed by atoms with Gasteiger partial charge >= 0.3 is 5.97 Å². The lowest BCUT2D eigenvalue weighted by molar-refractivity contribution is -0.133. The van der Waals surface area contributed by atoms with Gasteiger partial charge in [0.25, 0.3) is 0 Å². The number of hydrogen-bond donors (Lipinski definition) is 2. The molecule has 64 valence electrons. The summed E-state index contributed by atoms with van der Waals surface area (Å²) in [6.45, 7) is 0. The Morgan fingerprint density at radius 2 is 2.25 bits per heavy atom. The standard InChI is InChI=1S/C7H6O4S/c8-6-2-1-4(12-11)3-5(6)7(9)10/h1-3,6,8H,(H,9,10). The van der Waals surface area contributed by atoms with Gasteiger partial charge in [-0.15, -0.1) is 0 Å². The van der Waals surface area contributed by atoms with Gasteiger partial charge in [-0.05, 0) is 18.2 Å². The van der Waals surface area contributed by atoms with Gasteiger partial charge in [-0.3, -0.25) is 0 Å². The molecule has 0 radical (unpaired) electrons. The molecule has 0 fully saturated rings. The number of carbonyl (C=O) groups is 1. The first-order valence-corrected chi connectivity index (χ1v) is 3.87. The van der Waals surface area contributed by atoms with Gasteiger partial charge in [0.2, 0.25) is 0 Å². The molecule has 0 bridgehead atoms. The van der Waals surface area contributed by atoms with E-state index < -0.39 is 12.1 Å². The summed E-state index contributed by atoms with van der Waals surface area (Å²) >= 11 is 0.198. The third-order valence-corrected chi connectivity index (χ3v) is 1.85. The normalized spacial score (nSPS) is 21.9. The first-order chi connectivity index (χ1) is 5.65. The zero-order chi connectivity index (χ0) is 9.14. The Kier molecular flexibility index (Phi) is 2.57. The molecule has 1 rings (SSSR count). The van der Waals surface area contributed by atoms with Crippen molar-refractivity contribution in [2.24, 2.45) is 0 Å². The van der Waals surface area contributed by atoms with Crippen LogP contribution in [0.15, 0.2) is 23.8 Å². The van der Waals surface area contributed by atoms with E-state index in [-0.39, 0.29) is 21.7 Å². The van der Waals surface area contributed by atoms with Crippen LogP contribution in [0.3, 0.4) is 0 Å². The zero-order valence-corrected chi connectivity index (χ0v) is 6.75. The second-order valence-corrected chi connectivity index (χ2v) is 2.83. The second-order valence-electron chi connectivity index (χ2n) is 2.19. The van der Waals surface area contributed by atoms with Crippen LogP contribution >= 0.6 is 0 Å². The van der Waals surface area contributed by atoms with Gasteiger partial charge in [-0.1, -0.05) is 0 Å². The van der Waals surface area contributed by atoms with Crippen LogP contribution in [0.25, 0.3) is 0 Å². The second kappa shape index (κ2) is 3.46.